The summed E-state index contributed by atoms with van der Waals surface area (Å²) in [6.45, 7) is 4.61. The van der Waals surface area contributed by atoms with Gasteiger partial charge in [0, 0.05) is 0 Å². The van der Waals surface area contributed by atoms with Gasteiger partial charge in [-0.1, -0.05) is 13.8 Å². The topological polar surface area (TPSA) is 72.9 Å². The molecular formula is C14H19ClF3NO5. The first-order valence-electron chi connectivity index (χ1n) is 7.36. The molecule has 0 unspecified atom stereocenters. The normalized spacial score (nSPS) is 20.8. The van der Waals surface area contributed by atoms with E-state index in [0.717, 1.165) is 0 Å². The van der Waals surface area contributed by atoms with Crippen molar-refractivity contribution < 1.29 is 37.0 Å². The van der Waals surface area contributed by atoms with Gasteiger partial charge in [-0.05, 0) is 12.8 Å². The number of nitrogens with zero attached hydrogens (tertiary/aromatic N) is 1. The van der Waals surface area contributed by atoms with E-state index in [1.807, 2.05) is 0 Å². The number of esters is 1. The number of carbonyl (C=O) groups excluding carboxylic acids is 3. The number of hydrogen-bond donors (Lipinski definition) is 0. The smallest absolute Gasteiger partial charge is 0.417 e. The molecule has 0 spiro atoms. The Balaban J connectivity index is 3.00. The van der Waals surface area contributed by atoms with Crippen molar-refractivity contribution in [3.63, 3.8) is 0 Å². The maximum absolute atomic E-state index is 13.2. The third-order valence-electron chi connectivity index (χ3n) is 3.61. The highest BCUT2D eigenvalue weighted by atomic mass is 35.5. The fourth-order valence-corrected chi connectivity index (χ4v) is 2.61. The lowest BCUT2D eigenvalue weighted by atomic mass is 9.97. The van der Waals surface area contributed by atoms with Crippen molar-refractivity contribution in [2.75, 3.05) is 13.2 Å². The molecular weight excluding hydrogens is 355 g/mol. The highest BCUT2D eigenvalue weighted by Crippen LogP contribution is 2.36. The van der Waals surface area contributed by atoms with Gasteiger partial charge in [-0.2, -0.15) is 13.2 Å². The molecule has 0 radical (unpaired) electrons. The minimum atomic E-state index is -4.91. The van der Waals surface area contributed by atoms with Crippen molar-refractivity contribution >= 4 is 29.6 Å². The second-order valence-electron chi connectivity index (χ2n) is 5.66. The average Bonchev–Trinajstić information content (AvgIpc) is 2.84. The Morgan fingerprint density at radius 2 is 2.00 bits per heavy atom. The second-order valence-corrected chi connectivity index (χ2v) is 6.13. The van der Waals surface area contributed by atoms with Gasteiger partial charge in [0.1, 0.15) is 12.0 Å². The number of ether oxygens (including phenoxy) is 2. The van der Waals surface area contributed by atoms with Crippen molar-refractivity contribution in [3.05, 3.63) is 0 Å². The lowest BCUT2D eigenvalue weighted by Gasteiger charge is -2.28. The minimum absolute atomic E-state index is 0.0990. The first-order valence-corrected chi connectivity index (χ1v) is 7.80. The maximum atomic E-state index is 13.2. The van der Waals surface area contributed by atoms with E-state index in [2.05, 4.69) is 4.74 Å². The van der Waals surface area contributed by atoms with Crippen LogP contribution in [0.4, 0.5) is 18.0 Å². The summed E-state index contributed by atoms with van der Waals surface area (Å²) in [4.78, 5) is 36.0. The van der Waals surface area contributed by atoms with Gasteiger partial charge in [-0.25, -0.2) is 9.69 Å². The molecule has 0 aromatic heterocycles. The van der Waals surface area contributed by atoms with Crippen LogP contribution in [-0.4, -0.2) is 53.7 Å². The second kappa shape index (κ2) is 8.04. The van der Waals surface area contributed by atoms with E-state index in [0.29, 0.717) is 4.90 Å². The zero-order chi connectivity index (χ0) is 18.7. The quantitative estimate of drug-likeness (QED) is 0.528. The Hall–Kier alpha value is -1.51. The van der Waals surface area contributed by atoms with Gasteiger partial charge in [0.15, 0.2) is 0 Å². The highest BCUT2D eigenvalue weighted by Gasteiger charge is 2.52. The maximum Gasteiger partial charge on any atom is 0.417 e. The predicted octanol–water partition coefficient (Wildman–Crippen LogP) is 2.73. The van der Waals surface area contributed by atoms with Crippen LogP contribution in [0.2, 0.25) is 0 Å². The van der Waals surface area contributed by atoms with Crippen LogP contribution in [0.15, 0.2) is 0 Å². The third kappa shape index (κ3) is 4.75. The number of cyclic esters (lactones) is 1. The van der Waals surface area contributed by atoms with Crippen LogP contribution >= 0.6 is 11.6 Å². The Bertz CT molecular complexity index is 497. The molecule has 2 amide bonds. The molecule has 1 aliphatic rings. The molecule has 0 aromatic carbocycles. The first kappa shape index (κ1) is 20.5. The Morgan fingerprint density at radius 1 is 1.42 bits per heavy atom. The summed E-state index contributed by atoms with van der Waals surface area (Å²) < 4.78 is 48.8. The van der Waals surface area contributed by atoms with Gasteiger partial charge in [0.25, 0.3) is 5.91 Å². The lowest BCUT2D eigenvalue weighted by molar-refractivity contribution is -0.187. The molecule has 138 valence electrons. The van der Waals surface area contributed by atoms with Crippen molar-refractivity contribution in [1.82, 2.24) is 4.90 Å². The van der Waals surface area contributed by atoms with E-state index in [1.54, 1.807) is 13.8 Å². The summed E-state index contributed by atoms with van der Waals surface area (Å²) in [5.41, 5.74) is 0. The lowest BCUT2D eigenvalue weighted by Crippen LogP contribution is -2.49. The van der Waals surface area contributed by atoms with Crippen molar-refractivity contribution in [2.24, 2.45) is 11.8 Å². The number of carbonyl (C=O) groups is 3. The van der Waals surface area contributed by atoms with Gasteiger partial charge < -0.3 is 9.47 Å². The molecule has 24 heavy (non-hydrogen) atoms. The first-order chi connectivity index (χ1) is 11.0. The molecule has 0 aliphatic carbocycles. The van der Waals surface area contributed by atoms with E-state index in [-0.39, 0.29) is 19.1 Å². The summed E-state index contributed by atoms with van der Waals surface area (Å²) in [6.07, 6.45) is -7.06. The van der Waals surface area contributed by atoms with Crippen LogP contribution in [0.25, 0.3) is 0 Å². The van der Waals surface area contributed by atoms with Gasteiger partial charge in [-0.3, -0.25) is 9.59 Å². The van der Waals surface area contributed by atoms with E-state index >= 15 is 0 Å². The number of hydrogen-bond acceptors (Lipinski definition) is 5. The van der Waals surface area contributed by atoms with Crippen molar-refractivity contribution in [3.8, 4) is 0 Å². The summed E-state index contributed by atoms with van der Waals surface area (Å²) in [5.74, 6) is -5.04. The number of amides is 2. The molecule has 0 N–H and O–H groups in total. The molecule has 10 heteroatoms. The number of alkyl halides is 4. The van der Waals surface area contributed by atoms with E-state index in [1.165, 1.54) is 6.92 Å². The van der Waals surface area contributed by atoms with Gasteiger partial charge >= 0.3 is 18.2 Å². The zero-order valence-corrected chi connectivity index (χ0v) is 14.2. The highest BCUT2D eigenvalue weighted by molar-refractivity contribution is 6.32. The summed E-state index contributed by atoms with van der Waals surface area (Å²) >= 11 is 5.71. The molecule has 6 nitrogen and oxygen atoms in total. The van der Waals surface area contributed by atoms with E-state index in [4.69, 9.17) is 16.3 Å². The third-order valence-corrected chi connectivity index (χ3v) is 4.11. The molecule has 3 atom stereocenters. The Morgan fingerprint density at radius 3 is 2.46 bits per heavy atom. The number of rotatable bonds is 6. The molecule has 0 aromatic rings. The van der Waals surface area contributed by atoms with Crippen LogP contribution in [0.5, 0.6) is 0 Å². The fourth-order valence-electron chi connectivity index (χ4n) is 2.27. The molecule has 1 rings (SSSR count). The molecule has 1 heterocycles. The molecule has 1 saturated heterocycles. The van der Waals surface area contributed by atoms with Crippen LogP contribution < -0.4 is 0 Å². The molecule has 1 fully saturated rings. The van der Waals surface area contributed by atoms with Crippen molar-refractivity contribution in [2.45, 2.75) is 44.8 Å². The van der Waals surface area contributed by atoms with Gasteiger partial charge in [0.2, 0.25) is 0 Å². The zero-order valence-electron chi connectivity index (χ0n) is 13.4. The van der Waals surface area contributed by atoms with E-state index in [9.17, 15) is 27.6 Å². The van der Waals surface area contributed by atoms with Crippen LogP contribution in [0, 0.1) is 11.8 Å². The van der Waals surface area contributed by atoms with Gasteiger partial charge in [-0.15, -0.1) is 11.6 Å². The fraction of sp³-hybridized carbons (Fsp3) is 0.786. The predicted molar refractivity (Wildman–Crippen MR) is 77.3 cm³/mol. The Labute approximate surface area is 142 Å². The SMILES string of the molecule is CCOC(=O)C[C@H]([C@@H](Cl)C(=O)N1C(=O)OC[C@@H]1C(C)C)C(F)(F)F. The molecule has 1 aliphatic heterocycles. The molecule has 0 bridgehead atoms. The minimum Gasteiger partial charge on any atom is -0.466 e. The van der Waals surface area contributed by atoms with Crippen molar-refractivity contribution in [1.29, 1.82) is 0 Å². The van der Waals surface area contributed by atoms with Crippen LogP contribution in [-0.2, 0) is 19.1 Å². The average molecular weight is 374 g/mol. The number of imide groups is 1. The van der Waals surface area contributed by atoms with E-state index < -0.39 is 47.9 Å². The van der Waals surface area contributed by atoms with Crippen LogP contribution in [0.3, 0.4) is 0 Å². The van der Waals surface area contributed by atoms with Crippen LogP contribution in [0.1, 0.15) is 27.2 Å². The Kier molecular flexibility index (Phi) is 6.88. The summed E-state index contributed by atoms with van der Waals surface area (Å²) in [7, 11) is 0. The molecule has 0 saturated carbocycles. The largest absolute Gasteiger partial charge is 0.466 e. The van der Waals surface area contributed by atoms with Gasteiger partial charge in [0.05, 0.1) is 25.0 Å². The standard InChI is InChI=1S/C14H19ClF3NO5/c1-4-23-10(20)5-8(14(16,17)18)11(15)12(21)19-9(7(2)3)6-24-13(19)22/h7-9,11H,4-6H2,1-3H3/t8-,9-,11-/m1/s1. The monoisotopic (exact) mass is 373 g/mol. The summed E-state index contributed by atoms with van der Waals surface area (Å²) in [5, 5.41) is -2.14. The summed E-state index contributed by atoms with van der Waals surface area (Å²) in [6, 6.07) is -0.706. The number of halogens is 4.